The van der Waals surface area contributed by atoms with Crippen molar-refractivity contribution in [2.75, 3.05) is 54.8 Å². The number of aromatic nitrogens is 3. The van der Waals surface area contributed by atoms with E-state index in [9.17, 15) is 23.6 Å². The lowest BCUT2D eigenvalue weighted by atomic mass is 9.93. The van der Waals surface area contributed by atoms with Crippen molar-refractivity contribution >= 4 is 35.2 Å². The van der Waals surface area contributed by atoms with E-state index in [1.54, 1.807) is 59.6 Å². The molecule has 1 atom stereocenters. The Morgan fingerprint density at radius 2 is 1.60 bits per heavy atom. The number of hydrogen-bond acceptors (Lipinski definition) is 11. The number of ether oxygens (including phenoxy) is 1. The SMILES string of the molecule is O=C1CCC(Nc2ccc(N3CCN(C4CCN(C(=O)OC5CCC(Nc6ncc(F)c(-c7cccc(-n8ccccc8=O)c7)n6)CC5)CC4)CC3)c(F)c2)C(=O)N1. The summed E-state index contributed by atoms with van der Waals surface area (Å²) in [4.78, 5) is 64.0. The van der Waals surface area contributed by atoms with Gasteiger partial charge in [0.1, 0.15) is 23.7 Å². The molecular weight excluding hydrogens is 749 g/mol. The first kappa shape index (κ1) is 38.9. The molecule has 16 heteroatoms. The summed E-state index contributed by atoms with van der Waals surface area (Å²) in [5, 5.41) is 8.68. The van der Waals surface area contributed by atoms with Crippen LogP contribution in [0.2, 0.25) is 0 Å². The van der Waals surface area contributed by atoms with Crippen molar-refractivity contribution in [1.82, 2.24) is 29.7 Å². The number of pyridine rings is 1. The summed E-state index contributed by atoms with van der Waals surface area (Å²) >= 11 is 0. The van der Waals surface area contributed by atoms with Crippen molar-refractivity contribution in [3.8, 4) is 16.9 Å². The van der Waals surface area contributed by atoms with Gasteiger partial charge in [-0.25, -0.2) is 23.5 Å². The number of anilines is 3. The number of piperazine rings is 1. The Balaban J connectivity index is 0.760. The molecule has 2 aromatic heterocycles. The predicted molar refractivity (Wildman–Crippen MR) is 214 cm³/mol. The van der Waals surface area contributed by atoms with Gasteiger partial charge in [0.25, 0.3) is 5.56 Å². The molecule has 3 aliphatic heterocycles. The van der Waals surface area contributed by atoms with Crippen LogP contribution in [0.15, 0.2) is 77.9 Å². The molecule has 0 bridgehead atoms. The van der Waals surface area contributed by atoms with Gasteiger partial charge in [-0.1, -0.05) is 18.2 Å². The zero-order chi connectivity index (χ0) is 40.2. The van der Waals surface area contributed by atoms with Crippen molar-refractivity contribution in [3.05, 3.63) is 95.0 Å². The predicted octanol–water partition coefficient (Wildman–Crippen LogP) is 4.94. The Labute approximate surface area is 334 Å². The lowest BCUT2D eigenvalue weighted by molar-refractivity contribution is -0.133. The van der Waals surface area contributed by atoms with Crippen LogP contribution in [0.1, 0.15) is 51.4 Å². The molecule has 2 aromatic carbocycles. The van der Waals surface area contributed by atoms with Gasteiger partial charge in [-0.2, -0.15) is 0 Å². The van der Waals surface area contributed by atoms with E-state index in [1.165, 1.54) is 16.7 Å². The molecule has 0 radical (unpaired) electrons. The Hall–Kier alpha value is -5.90. The number of piperidine rings is 2. The Kier molecular flexibility index (Phi) is 11.6. The van der Waals surface area contributed by atoms with E-state index in [1.807, 2.05) is 4.90 Å². The van der Waals surface area contributed by atoms with Gasteiger partial charge in [0.2, 0.25) is 17.8 Å². The van der Waals surface area contributed by atoms with E-state index in [-0.39, 0.29) is 47.6 Å². The minimum Gasteiger partial charge on any atom is -0.446 e. The molecule has 304 valence electrons. The maximum atomic E-state index is 15.2. The van der Waals surface area contributed by atoms with E-state index in [4.69, 9.17) is 4.74 Å². The van der Waals surface area contributed by atoms with Gasteiger partial charge in [0.15, 0.2) is 5.82 Å². The van der Waals surface area contributed by atoms with E-state index in [2.05, 4.69) is 30.8 Å². The number of carbonyl (C=O) groups excluding carboxylic acids is 3. The second-order valence-corrected chi connectivity index (χ2v) is 15.4. The first-order chi connectivity index (χ1) is 28.2. The summed E-state index contributed by atoms with van der Waals surface area (Å²) in [5.41, 5.74) is 2.10. The maximum Gasteiger partial charge on any atom is 0.410 e. The summed E-state index contributed by atoms with van der Waals surface area (Å²) < 4.78 is 37.6. The van der Waals surface area contributed by atoms with Crippen LogP contribution in [0, 0.1) is 11.6 Å². The summed E-state index contributed by atoms with van der Waals surface area (Å²) in [7, 11) is 0. The summed E-state index contributed by atoms with van der Waals surface area (Å²) in [6, 6.07) is 16.6. The van der Waals surface area contributed by atoms with Crippen molar-refractivity contribution in [3.63, 3.8) is 0 Å². The van der Waals surface area contributed by atoms with Gasteiger partial charge in [-0.05, 0) is 81.3 Å². The van der Waals surface area contributed by atoms with Gasteiger partial charge < -0.3 is 25.2 Å². The maximum absolute atomic E-state index is 15.2. The van der Waals surface area contributed by atoms with Crippen LogP contribution < -0.4 is 26.4 Å². The minimum absolute atomic E-state index is 0.0385. The van der Waals surface area contributed by atoms with Crippen LogP contribution in [0.4, 0.5) is 30.9 Å². The molecule has 14 nitrogen and oxygen atoms in total. The molecule has 1 aliphatic carbocycles. The molecule has 1 saturated carbocycles. The molecule has 4 aliphatic rings. The third kappa shape index (κ3) is 8.96. The van der Waals surface area contributed by atoms with Crippen LogP contribution in [-0.4, -0.2) is 106 Å². The second-order valence-electron chi connectivity index (χ2n) is 15.4. The first-order valence-corrected chi connectivity index (χ1v) is 20.1. The molecule has 4 aromatic rings. The summed E-state index contributed by atoms with van der Waals surface area (Å²) in [5.74, 6) is -1.30. The summed E-state index contributed by atoms with van der Waals surface area (Å²) in [6.45, 7) is 4.17. The van der Waals surface area contributed by atoms with E-state index >= 15 is 4.39 Å². The van der Waals surface area contributed by atoms with Crippen LogP contribution in [-0.2, 0) is 14.3 Å². The highest BCUT2D eigenvalue weighted by Crippen LogP contribution is 2.29. The van der Waals surface area contributed by atoms with Crippen LogP contribution in [0.25, 0.3) is 16.9 Å². The number of carbonyl (C=O) groups is 3. The molecule has 8 rings (SSSR count). The number of likely N-dealkylation sites (tertiary alicyclic amines) is 1. The van der Waals surface area contributed by atoms with Crippen molar-refractivity contribution in [2.45, 2.75) is 75.6 Å². The molecule has 4 fully saturated rings. The van der Waals surface area contributed by atoms with E-state index in [0.717, 1.165) is 45.0 Å². The summed E-state index contributed by atoms with van der Waals surface area (Å²) in [6.07, 6.45) is 7.50. The third-order valence-electron chi connectivity index (χ3n) is 11.7. The average molecular weight is 796 g/mol. The molecule has 3 saturated heterocycles. The van der Waals surface area contributed by atoms with Gasteiger partial charge >= 0.3 is 6.09 Å². The highest BCUT2D eigenvalue weighted by atomic mass is 19.1. The average Bonchev–Trinajstić information content (AvgIpc) is 3.24. The zero-order valence-electron chi connectivity index (χ0n) is 32.1. The number of amides is 3. The first-order valence-electron chi connectivity index (χ1n) is 20.1. The molecule has 0 spiro atoms. The fraction of sp³-hybridized carbons (Fsp3) is 0.429. The normalized spacial score (nSPS) is 22.0. The van der Waals surface area contributed by atoms with Gasteiger partial charge in [-0.3, -0.25) is 29.2 Å². The highest BCUT2D eigenvalue weighted by Gasteiger charge is 2.33. The van der Waals surface area contributed by atoms with Crippen LogP contribution >= 0.6 is 0 Å². The number of hydrogen-bond donors (Lipinski definition) is 3. The molecule has 3 amide bonds. The number of benzene rings is 2. The number of halogens is 2. The van der Waals surface area contributed by atoms with Crippen molar-refractivity contribution in [1.29, 1.82) is 0 Å². The van der Waals surface area contributed by atoms with Crippen LogP contribution in [0.3, 0.4) is 0 Å². The fourth-order valence-corrected chi connectivity index (χ4v) is 8.43. The molecule has 5 heterocycles. The van der Waals surface area contributed by atoms with Gasteiger partial charge in [0, 0.05) is 87.0 Å². The standard InChI is InChI=1S/C42H47F2N9O5/c43-33-25-29(46-35-12-14-37(54)48-40(35)56)9-13-36(33)51-22-20-50(21-23-51)30-15-18-52(19-16-30)42(57)58-32-10-7-28(8-11-32)47-41-45-26-34(44)39(49-41)27-4-3-5-31(24-27)53-17-2-1-6-38(53)55/h1-6,9,13,17,24-26,28,30,32,35,46H,7-8,10-12,14-16,18-23H2,(H,45,47,49)(H,48,54,56). The number of rotatable bonds is 9. The highest BCUT2D eigenvalue weighted by molar-refractivity contribution is 6.01. The third-order valence-corrected chi connectivity index (χ3v) is 11.7. The molecule has 1 unspecified atom stereocenters. The fourth-order valence-electron chi connectivity index (χ4n) is 8.43. The molecule has 58 heavy (non-hydrogen) atoms. The number of imide groups is 1. The smallest absolute Gasteiger partial charge is 0.410 e. The Morgan fingerprint density at radius 1 is 0.810 bits per heavy atom. The molecule has 3 N–H and O–H groups in total. The largest absolute Gasteiger partial charge is 0.446 e. The zero-order valence-corrected chi connectivity index (χ0v) is 32.1. The number of nitrogens with one attached hydrogen (secondary N) is 3. The van der Waals surface area contributed by atoms with Gasteiger partial charge in [0.05, 0.1) is 11.9 Å². The van der Waals surface area contributed by atoms with Crippen molar-refractivity contribution < 1.29 is 27.9 Å². The second kappa shape index (κ2) is 17.3. The van der Waals surface area contributed by atoms with Gasteiger partial charge in [-0.15, -0.1) is 0 Å². The lowest BCUT2D eigenvalue weighted by Gasteiger charge is -2.43. The Bertz CT molecular complexity index is 2200. The monoisotopic (exact) mass is 795 g/mol. The van der Waals surface area contributed by atoms with Crippen LogP contribution in [0.5, 0.6) is 0 Å². The van der Waals surface area contributed by atoms with E-state index < -0.39 is 17.8 Å². The topological polar surface area (TPSA) is 154 Å². The minimum atomic E-state index is -0.572. The Morgan fingerprint density at radius 3 is 2.34 bits per heavy atom. The van der Waals surface area contributed by atoms with Crippen molar-refractivity contribution in [2.24, 2.45) is 0 Å². The van der Waals surface area contributed by atoms with E-state index in [0.29, 0.717) is 80.1 Å². The number of nitrogens with zero attached hydrogens (tertiary/aromatic N) is 6. The lowest BCUT2D eigenvalue weighted by Crippen LogP contribution is -2.54. The quantitative estimate of drug-likeness (QED) is 0.198. The molecular formula is C42H47F2N9O5.